The summed E-state index contributed by atoms with van der Waals surface area (Å²) >= 11 is 0. The first kappa shape index (κ1) is 21.1. The van der Waals surface area contributed by atoms with E-state index in [1.165, 1.54) is 0 Å². The summed E-state index contributed by atoms with van der Waals surface area (Å²) in [4.78, 5) is 26.9. The highest BCUT2D eigenvalue weighted by Gasteiger charge is 2.36. The fourth-order valence-electron chi connectivity index (χ4n) is 4.40. The van der Waals surface area contributed by atoms with Crippen molar-refractivity contribution in [3.05, 3.63) is 59.8 Å². The van der Waals surface area contributed by atoms with Crippen LogP contribution in [0.1, 0.15) is 24.6 Å². The van der Waals surface area contributed by atoms with E-state index in [9.17, 15) is 9.59 Å². The topological polar surface area (TPSA) is 93.9 Å². The zero-order chi connectivity index (χ0) is 22.9. The van der Waals surface area contributed by atoms with Gasteiger partial charge in [0, 0.05) is 31.0 Å². The molecule has 3 aromatic rings. The number of amides is 2. The molecule has 2 atom stereocenters. The minimum absolute atomic E-state index is 0.0988. The van der Waals surface area contributed by atoms with Crippen molar-refractivity contribution < 1.29 is 23.6 Å². The highest BCUT2D eigenvalue weighted by molar-refractivity contribution is 6.01. The Morgan fingerprint density at radius 1 is 1.21 bits per heavy atom. The largest absolute Gasteiger partial charge is 0.495 e. The molecule has 5 rings (SSSR count). The van der Waals surface area contributed by atoms with Gasteiger partial charge in [0.05, 0.1) is 25.3 Å². The molecule has 2 aliphatic rings. The summed E-state index contributed by atoms with van der Waals surface area (Å²) in [6.45, 7) is 2.58. The van der Waals surface area contributed by atoms with Gasteiger partial charge in [0.25, 0.3) is 0 Å². The quantitative estimate of drug-likeness (QED) is 0.623. The van der Waals surface area contributed by atoms with Gasteiger partial charge in [-0.2, -0.15) is 0 Å². The van der Waals surface area contributed by atoms with Crippen LogP contribution in [-0.2, 0) is 22.6 Å². The van der Waals surface area contributed by atoms with Crippen molar-refractivity contribution in [1.82, 2.24) is 10.5 Å². The van der Waals surface area contributed by atoms with Gasteiger partial charge in [-0.1, -0.05) is 17.3 Å². The molecule has 1 saturated heterocycles. The number of hydrogen-bond acceptors (Lipinski definition) is 6. The zero-order valence-corrected chi connectivity index (χ0v) is 18.5. The molecule has 1 fully saturated rings. The summed E-state index contributed by atoms with van der Waals surface area (Å²) in [5, 5.41) is 6.97. The van der Waals surface area contributed by atoms with Crippen molar-refractivity contribution in [3.8, 4) is 22.8 Å². The summed E-state index contributed by atoms with van der Waals surface area (Å²) in [7, 11) is 1.56. The van der Waals surface area contributed by atoms with Crippen LogP contribution >= 0.6 is 0 Å². The summed E-state index contributed by atoms with van der Waals surface area (Å²) < 4.78 is 16.6. The third-order valence-corrected chi connectivity index (χ3v) is 6.06. The first-order valence-electron chi connectivity index (χ1n) is 11.0. The third-order valence-electron chi connectivity index (χ3n) is 6.06. The molecule has 0 spiro atoms. The zero-order valence-electron chi connectivity index (χ0n) is 18.5. The number of aromatic nitrogens is 1. The molecule has 0 bridgehead atoms. The van der Waals surface area contributed by atoms with Crippen molar-refractivity contribution in [2.75, 3.05) is 18.6 Å². The predicted octanol–water partition coefficient (Wildman–Crippen LogP) is 3.34. The number of nitrogens with one attached hydrogen (secondary N) is 1. The molecule has 2 aliphatic heterocycles. The molecule has 2 amide bonds. The first-order chi connectivity index (χ1) is 16.0. The molecule has 170 valence electrons. The lowest BCUT2D eigenvalue weighted by molar-refractivity contribution is -0.126. The lowest BCUT2D eigenvalue weighted by atomic mass is 10.1. The molecule has 2 aromatic carbocycles. The lowest BCUT2D eigenvalue weighted by Gasteiger charge is -2.19. The Morgan fingerprint density at radius 3 is 2.91 bits per heavy atom. The van der Waals surface area contributed by atoms with E-state index < -0.39 is 5.92 Å². The summed E-state index contributed by atoms with van der Waals surface area (Å²) in [6.07, 6.45) is 1.20. The standard InChI is InChI=1S/C25H25N3O5/c1-15-9-17-10-16(7-8-21(17)32-15)23-12-19(27-33-23)13-26-25(30)18-11-24(29)28(14-18)20-5-3-4-6-22(20)31-2/h3-8,10,12,15,18H,9,11,13-14H2,1-2H3,(H,26,30)/t15-,18+/m1/s1. The highest BCUT2D eigenvalue weighted by atomic mass is 16.5. The Morgan fingerprint density at radius 2 is 2.06 bits per heavy atom. The van der Waals surface area contributed by atoms with E-state index in [0.717, 1.165) is 23.3 Å². The van der Waals surface area contributed by atoms with E-state index in [4.69, 9.17) is 14.0 Å². The Kier molecular flexibility index (Phi) is 5.50. The normalized spacial score (nSPS) is 19.3. The summed E-state index contributed by atoms with van der Waals surface area (Å²) in [5.41, 5.74) is 3.37. The molecular formula is C25H25N3O5. The maximum absolute atomic E-state index is 12.7. The number of rotatable bonds is 6. The molecule has 33 heavy (non-hydrogen) atoms. The van der Waals surface area contributed by atoms with Crippen molar-refractivity contribution >= 4 is 17.5 Å². The molecule has 3 heterocycles. The van der Waals surface area contributed by atoms with Crippen molar-refractivity contribution in [1.29, 1.82) is 0 Å². The summed E-state index contributed by atoms with van der Waals surface area (Å²) in [5.74, 6) is 1.43. The molecule has 1 N–H and O–H groups in total. The van der Waals surface area contributed by atoms with Crippen molar-refractivity contribution in [2.45, 2.75) is 32.4 Å². The number of ether oxygens (including phenoxy) is 2. The van der Waals surface area contributed by atoms with Gasteiger partial charge in [0.2, 0.25) is 11.8 Å². The number of carbonyl (C=O) groups excluding carboxylic acids is 2. The number of anilines is 1. The monoisotopic (exact) mass is 447 g/mol. The van der Waals surface area contributed by atoms with Gasteiger partial charge in [0.1, 0.15) is 23.3 Å². The molecule has 0 unspecified atom stereocenters. The second-order valence-corrected chi connectivity index (χ2v) is 8.43. The minimum Gasteiger partial charge on any atom is -0.495 e. The van der Waals surface area contributed by atoms with Gasteiger partial charge >= 0.3 is 0 Å². The fourth-order valence-corrected chi connectivity index (χ4v) is 4.40. The maximum Gasteiger partial charge on any atom is 0.227 e. The van der Waals surface area contributed by atoms with Crippen molar-refractivity contribution in [3.63, 3.8) is 0 Å². The minimum atomic E-state index is -0.438. The second kappa shape index (κ2) is 8.61. The first-order valence-corrected chi connectivity index (χ1v) is 11.0. The number of benzene rings is 2. The number of methoxy groups -OCH3 is 1. The van der Waals surface area contributed by atoms with E-state index in [-0.39, 0.29) is 30.9 Å². The van der Waals surface area contributed by atoms with Gasteiger partial charge in [-0.05, 0) is 42.8 Å². The van der Waals surface area contributed by atoms with Gasteiger partial charge < -0.3 is 24.2 Å². The van der Waals surface area contributed by atoms with E-state index in [2.05, 4.69) is 16.5 Å². The van der Waals surface area contributed by atoms with Gasteiger partial charge in [-0.3, -0.25) is 9.59 Å². The molecular weight excluding hydrogens is 422 g/mol. The van der Waals surface area contributed by atoms with Crippen LogP contribution in [0.3, 0.4) is 0 Å². The Bertz CT molecular complexity index is 1200. The van der Waals surface area contributed by atoms with E-state index in [1.807, 2.05) is 43.3 Å². The van der Waals surface area contributed by atoms with Gasteiger partial charge in [0.15, 0.2) is 5.76 Å². The smallest absolute Gasteiger partial charge is 0.227 e. The molecule has 8 heteroatoms. The number of para-hydroxylation sites is 2. The summed E-state index contributed by atoms with van der Waals surface area (Å²) in [6, 6.07) is 15.1. The van der Waals surface area contributed by atoms with E-state index >= 15 is 0 Å². The van der Waals surface area contributed by atoms with Crippen LogP contribution in [0, 0.1) is 5.92 Å². The molecule has 0 radical (unpaired) electrons. The SMILES string of the molecule is COc1ccccc1N1C[C@@H](C(=O)NCc2cc(-c3ccc4c(c3)C[C@@H](C)O4)on2)CC1=O. The van der Waals surface area contributed by atoms with Crippen LogP contribution in [-0.4, -0.2) is 36.7 Å². The average Bonchev–Trinajstić information content (AvgIpc) is 3.54. The fraction of sp³-hybridized carbons (Fsp3) is 0.320. The van der Waals surface area contributed by atoms with Crippen LogP contribution in [0.5, 0.6) is 11.5 Å². The average molecular weight is 447 g/mol. The highest BCUT2D eigenvalue weighted by Crippen LogP contribution is 2.34. The Labute approximate surface area is 191 Å². The van der Waals surface area contributed by atoms with Crippen molar-refractivity contribution in [2.24, 2.45) is 5.92 Å². The van der Waals surface area contributed by atoms with Crippen LogP contribution < -0.4 is 19.7 Å². The van der Waals surface area contributed by atoms with Gasteiger partial charge in [-0.25, -0.2) is 0 Å². The Balaban J connectivity index is 1.21. The molecule has 0 saturated carbocycles. The molecule has 0 aliphatic carbocycles. The van der Waals surface area contributed by atoms with Crippen LogP contribution in [0.15, 0.2) is 53.1 Å². The van der Waals surface area contributed by atoms with E-state index in [1.54, 1.807) is 18.1 Å². The number of carbonyl (C=O) groups is 2. The number of nitrogens with zero attached hydrogens (tertiary/aromatic N) is 2. The molecule has 1 aromatic heterocycles. The number of fused-ring (bicyclic) bond motifs is 1. The Hall–Kier alpha value is -3.81. The number of hydrogen-bond donors (Lipinski definition) is 1. The molecule has 8 nitrogen and oxygen atoms in total. The van der Waals surface area contributed by atoms with Gasteiger partial charge in [-0.15, -0.1) is 0 Å². The van der Waals surface area contributed by atoms with Crippen LogP contribution in [0.2, 0.25) is 0 Å². The second-order valence-electron chi connectivity index (χ2n) is 8.43. The van der Waals surface area contributed by atoms with E-state index in [0.29, 0.717) is 29.4 Å². The lowest BCUT2D eigenvalue weighted by Crippen LogP contribution is -2.32. The predicted molar refractivity (Wildman–Crippen MR) is 121 cm³/mol. The van der Waals surface area contributed by atoms with Crippen LogP contribution in [0.25, 0.3) is 11.3 Å². The third kappa shape index (κ3) is 4.16. The maximum atomic E-state index is 12.7. The van der Waals surface area contributed by atoms with Crippen LogP contribution in [0.4, 0.5) is 5.69 Å².